The molecule has 8 nitrogen and oxygen atoms in total. The topological polar surface area (TPSA) is 111 Å². The van der Waals surface area contributed by atoms with Crippen molar-refractivity contribution >= 4 is 11.5 Å². The van der Waals surface area contributed by atoms with Crippen molar-refractivity contribution in [3.8, 4) is 11.6 Å². The van der Waals surface area contributed by atoms with Gasteiger partial charge in [0.25, 0.3) is 5.69 Å². The first-order valence-electron chi connectivity index (χ1n) is 11.1. The zero-order valence-electron chi connectivity index (χ0n) is 19.2. The molecule has 172 valence electrons. The van der Waals surface area contributed by atoms with Crippen LogP contribution in [0.25, 0.3) is 5.69 Å². The monoisotopic (exact) mass is 456 g/mol. The van der Waals surface area contributed by atoms with Crippen molar-refractivity contribution in [2.24, 2.45) is 5.41 Å². The maximum absolute atomic E-state index is 13.4. The molecule has 0 fully saturated rings. The molecule has 3 aromatic rings. The van der Waals surface area contributed by atoms with E-state index in [0.717, 1.165) is 11.3 Å². The molecule has 8 heteroatoms. The van der Waals surface area contributed by atoms with Gasteiger partial charge in [-0.2, -0.15) is 0 Å². The Morgan fingerprint density at radius 2 is 1.94 bits per heavy atom. The number of aryl methyl sites for hydroxylation is 1. The number of nitro groups is 1. The average Bonchev–Trinajstić information content (AvgIpc) is 2.77. The molecule has 0 amide bonds. The lowest BCUT2D eigenvalue weighted by Crippen LogP contribution is -2.37. The van der Waals surface area contributed by atoms with Gasteiger partial charge in [0.15, 0.2) is 5.78 Å². The summed E-state index contributed by atoms with van der Waals surface area (Å²) < 4.78 is 7.79. The number of aromatic nitrogens is 2. The number of nitrogens with one attached hydrogen (secondary N) is 1. The lowest BCUT2D eigenvalue weighted by atomic mass is 9.70. The molecule has 1 atom stereocenters. The highest BCUT2D eigenvalue weighted by Crippen LogP contribution is 2.48. The van der Waals surface area contributed by atoms with E-state index in [2.05, 4.69) is 4.98 Å². The van der Waals surface area contributed by atoms with E-state index < -0.39 is 10.8 Å². The predicted molar refractivity (Wildman–Crippen MR) is 125 cm³/mol. The van der Waals surface area contributed by atoms with Gasteiger partial charge in [-0.05, 0) is 35.6 Å². The first-order chi connectivity index (χ1) is 16.1. The summed E-state index contributed by atoms with van der Waals surface area (Å²) >= 11 is 0. The zero-order valence-corrected chi connectivity index (χ0v) is 19.2. The zero-order chi connectivity index (χ0) is 24.2. The van der Waals surface area contributed by atoms with Crippen LogP contribution in [0, 0.1) is 27.9 Å². The van der Waals surface area contributed by atoms with E-state index in [4.69, 9.17) is 10.1 Å². The van der Waals surface area contributed by atoms with Gasteiger partial charge in [0.05, 0.1) is 16.4 Å². The van der Waals surface area contributed by atoms with Gasteiger partial charge in [-0.3, -0.25) is 24.9 Å². The van der Waals surface area contributed by atoms with E-state index in [-0.39, 0.29) is 28.3 Å². The van der Waals surface area contributed by atoms with Crippen molar-refractivity contribution < 1.29 is 14.5 Å². The number of ketones is 1. The number of nitro benzene ring substituents is 1. The summed E-state index contributed by atoms with van der Waals surface area (Å²) in [6.07, 6.45) is 2.42. The van der Waals surface area contributed by atoms with Crippen LogP contribution in [0.15, 0.2) is 66.2 Å². The van der Waals surface area contributed by atoms with Gasteiger partial charge in [-0.15, -0.1) is 0 Å². The molecule has 5 rings (SSSR count). The maximum atomic E-state index is 13.4. The number of Topliss-reactive ketones (excluding diaryl/α,β-unsaturated/α-hetero) is 1. The summed E-state index contributed by atoms with van der Waals surface area (Å²) in [5, 5.41) is 20.6. The molecule has 0 bridgehead atoms. The van der Waals surface area contributed by atoms with Crippen LogP contribution in [0.5, 0.6) is 5.88 Å². The number of hydrogen-bond donors (Lipinski definition) is 1. The fourth-order valence-corrected chi connectivity index (χ4v) is 4.89. The predicted octanol–water partition coefficient (Wildman–Crippen LogP) is 4.74. The number of benzene rings is 2. The highest BCUT2D eigenvalue weighted by Gasteiger charge is 2.43. The Morgan fingerprint density at radius 1 is 1.18 bits per heavy atom. The number of ether oxygens (including phenoxy) is 1. The smallest absolute Gasteiger partial charge is 0.269 e. The van der Waals surface area contributed by atoms with Gasteiger partial charge < -0.3 is 4.74 Å². The molecule has 1 unspecified atom stereocenters. The number of rotatable bonds is 3. The van der Waals surface area contributed by atoms with Crippen LogP contribution in [-0.4, -0.2) is 20.3 Å². The van der Waals surface area contributed by atoms with Gasteiger partial charge in [0.1, 0.15) is 17.6 Å². The number of hydrogen-bond acceptors (Lipinski definition) is 6. The summed E-state index contributed by atoms with van der Waals surface area (Å²) in [7, 11) is 0. The van der Waals surface area contributed by atoms with Crippen molar-refractivity contribution in [2.45, 2.75) is 39.5 Å². The van der Waals surface area contributed by atoms with Crippen LogP contribution < -0.4 is 10.2 Å². The number of fused-ring (bicyclic) bond motifs is 1. The normalized spacial score (nSPS) is 18.7. The average molecular weight is 457 g/mol. The molecule has 1 N–H and O–H groups in total. The SMILES string of the molecule is Cc1cccc(-n2cnc3c(c2=N)C(c2cccc([N+](=O)[O-])c2)C2=C(CC(C)(C)CC2=O)O3)c1. The van der Waals surface area contributed by atoms with Crippen LogP contribution in [0.4, 0.5) is 5.69 Å². The number of allylic oxidation sites excluding steroid dienone is 2. The molecule has 2 aliphatic rings. The van der Waals surface area contributed by atoms with Gasteiger partial charge >= 0.3 is 0 Å². The third kappa shape index (κ3) is 3.61. The Kier molecular flexibility index (Phi) is 4.97. The quantitative estimate of drug-likeness (QED) is 0.452. The van der Waals surface area contributed by atoms with Gasteiger partial charge in [-0.1, -0.05) is 38.1 Å². The molecule has 1 aliphatic heterocycles. The summed E-state index contributed by atoms with van der Waals surface area (Å²) in [5.74, 6) is 0.0402. The third-order valence-corrected chi connectivity index (χ3v) is 6.39. The van der Waals surface area contributed by atoms with Crippen molar-refractivity contribution in [3.63, 3.8) is 0 Å². The summed E-state index contributed by atoms with van der Waals surface area (Å²) in [4.78, 5) is 29.0. The van der Waals surface area contributed by atoms with Crippen LogP contribution >= 0.6 is 0 Å². The minimum Gasteiger partial charge on any atom is -0.442 e. The highest BCUT2D eigenvalue weighted by molar-refractivity contribution is 6.00. The minimum atomic E-state index is -0.681. The van der Waals surface area contributed by atoms with Crippen molar-refractivity contribution in [1.29, 1.82) is 5.41 Å². The summed E-state index contributed by atoms with van der Waals surface area (Å²) in [6, 6.07) is 13.9. The Balaban J connectivity index is 1.78. The summed E-state index contributed by atoms with van der Waals surface area (Å²) in [6.45, 7) is 5.99. The Bertz CT molecular complexity index is 1450. The van der Waals surface area contributed by atoms with E-state index >= 15 is 0 Å². The molecule has 34 heavy (non-hydrogen) atoms. The first kappa shape index (κ1) is 21.8. The van der Waals surface area contributed by atoms with Gasteiger partial charge in [0, 0.05) is 36.2 Å². The van der Waals surface area contributed by atoms with E-state index in [1.54, 1.807) is 23.0 Å². The van der Waals surface area contributed by atoms with Crippen molar-refractivity contribution in [1.82, 2.24) is 9.55 Å². The van der Waals surface area contributed by atoms with Gasteiger partial charge in [0.2, 0.25) is 5.88 Å². The Hall–Kier alpha value is -4.07. The van der Waals surface area contributed by atoms with E-state index in [1.807, 2.05) is 45.0 Å². The number of carbonyl (C=O) groups is 1. The second-order valence-corrected chi connectivity index (χ2v) is 9.69. The van der Waals surface area contributed by atoms with Crippen LogP contribution in [0.2, 0.25) is 0 Å². The van der Waals surface area contributed by atoms with Crippen LogP contribution in [0.3, 0.4) is 0 Å². The van der Waals surface area contributed by atoms with Crippen LogP contribution in [-0.2, 0) is 4.79 Å². The van der Waals surface area contributed by atoms with E-state index in [1.165, 1.54) is 12.1 Å². The second kappa shape index (κ2) is 7.76. The number of nitrogens with zero attached hydrogens (tertiary/aromatic N) is 3. The van der Waals surface area contributed by atoms with Crippen molar-refractivity contribution in [3.05, 3.63) is 98.5 Å². The molecule has 0 spiro atoms. The third-order valence-electron chi connectivity index (χ3n) is 6.39. The fourth-order valence-electron chi connectivity index (χ4n) is 4.89. The summed E-state index contributed by atoms with van der Waals surface area (Å²) in [5.41, 5.74) is 3.02. The molecular weight excluding hydrogens is 432 g/mol. The van der Waals surface area contributed by atoms with E-state index in [9.17, 15) is 14.9 Å². The Morgan fingerprint density at radius 3 is 2.68 bits per heavy atom. The maximum Gasteiger partial charge on any atom is 0.269 e. The second-order valence-electron chi connectivity index (χ2n) is 9.69. The molecule has 1 aliphatic carbocycles. The molecular formula is C26H24N4O4. The Labute approximate surface area is 196 Å². The largest absolute Gasteiger partial charge is 0.442 e. The highest BCUT2D eigenvalue weighted by atomic mass is 16.6. The molecule has 2 aromatic carbocycles. The molecule has 0 saturated carbocycles. The lowest BCUT2D eigenvalue weighted by Gasteiger charge is -2.37. The first-order valence-corrected chi connectivity index (χ1v) is 11.1. The fraction of sp³-hybridized carbons (Fsp3) is 0.269. The van der Waals surface area contributed by atoms with Crippen molar-refractivity contribution in [2.75, 3.05) is 0 Å². The number of non-ortho nitro benzene ring substituents is 1. The lowest BCUT2D eigenvalue weighted by molar-refractivity contribution is -0.384. The molecule has 0 saturated heterocycles. The molecule has 2 heterocycles. The molecule has 1 aromatic heterocycles. The number of carbonyl (C=O) groups excluding carboxylic acids is 1. The van der Waals surface area contributed by atoms with Crippen LogP contribution in [0.1, 0.15) is 49.3 Å². The van der Waals surface area contributed by atoms with Gasteiger partial charge in [-0.25, -0.2) is 4.98 Å². The standard InChI is InChI=1S/C26H24N4O4/c1-15-6-4-8-17(10-15)29-14-28-25-23(24(29)27)21(16-7-5-9-18(11-16)30(32)33)22-19(31)12-26(2,3)13-20(22)34-25/h4-11,14,21,27H,12-13H2,1-3H3. The molecule has 0 radical (unpaired) electrons. The minimum absolute atomic E-state index is 0.0706. The van der Waals surface area contributed by atoms with E-state index in [0.29, 0.717) is 35.3 Å².